The summed E-state index contributed by atoms with van der Waals surface area (Å²) in [5.41, 5.74) is 0.341. The minimum atomic E-state index is -3.59. The van der Waals surface area contributed by atoms with E-state index in [0.29, 0.717) is 5.56 Å². The Morgan fingerprint density at radius 2 is 2.05 bits per heavy atom. The van der Waals surface area contributed by atoms with Gasteiger partial charge in [-0.2, -0.15) is 0 Å². The van der Waals surface area contributed by atoms with Crippen LogP contribution in [-0.2, 0) is 14.8 Å². The highest BCUT2D eigenvalue weighted by Gasteiger charge is 2.26. The molecule has 2 rings (SSSR count). The Morgan fingerprint density at radius 3 is 2.64 bits per heavy atom. The normalized spacial score (nSPS) is 22.3. The molecule has 0 spiro atoms. The zero-order valence-corrected chi connectivity index (χ0v) is 13.7. The topological polar surface area (TPSA) is 84.5 Å². The number of esters is 1. The van der Waals surface area contributed by atoms with E-state index in [1.54, 1.807) is 6.92 Å². The van der Waals surface area contributed by atoms with Crippen molar-refractivity contribution in [2.24, 2.45) is 0 Å². The van der Waals surface area contributed by atoms with Crippen molar-refractivity contribution in [1.82, 2.24) is 10.0 Å². The molecule has 1 fully saturated rings. The van der Waals surface area contributed by atoms with Crippen LogP contribution in [0.3, 0.4) is 0 Å². The van der Waals surface area contributed by atoms with E-state index in [0.717, 1.165) is 19.4 Å². The molecule has 0 amide bonds. The SMILES string of the molecule is CCOC(=O)c1ccc(S(=O)(=O)NC2CCCNC2C)cc1. The van der Waals surface area contributed by atoms with Crippen molar-refractivity contribution in [3.8, 4) is 0 Å². The highest BCUT2D eigenvalue weighted by molar-refractivity contribution is 7.89. The van der Waals surface area contributed by atoms with E-state index in [1.165, 1.54) is 24.3 Å². The first-order valence-corrected chi connectivity index (χ1v) is 8.95. The van der Waals surface area contributed by atoms with Crippen LogP contribution in [0.25, 0.3) is 0 Å². The Balaban J connectivity index is 2.10. The third-order valence-corrected chi connectivity index (χ3v) is 5.25. The van der Waals surface area contributed by atoms with Crippen molar-refractivity contribution in [1.29, 1.82) is 0 Å². The number of rotatable bonds is 5. The standard InChI is InChI=1S/C15H22N2O4S/c1-3-21-15(18)12-6-8-13(9-7-12)22(19,20)17-14-5-4-10-16-11(14)2/h6-9,11,14,16-17H,3-5,10H2,1-2H3. The molecule has 2 atom stereocenters. The molecule has 2 unspecified atom stereocenters. The van der Waals surface area contributed by atoms with Crippen LogP contribution in [0.4, 0.5) is 0 Å². The fraction of sp³-hybridized carbons (Fsp3) is 0.533. The molecule has 1 saturated heterocycles. The second kappa shape index (κ2) is 7.21. The summed E-state index contributed by atoms with van der Waals surface area (Å²) in [6, 6.07) is 5.76. The molecule has 1 aliphatic heterocycles. The molecule has 0 saturated carbocycles. The average molecular weight is 326 g/mol. The van der Waals surface area contributed by atoms with Gasteiger partial charge in [0.05, 0.1) is 17.1 Å². The van der Waals surface area contributed by atoms with Gasteiger partial charge in [0.2, 0.25) is 10.0 Å². The molecule has 1 heterocycles. The monoisotopic (exact) mass is 326 g/mol. The largest absolute Gasteiger partial charge is 0.462 e. The summed E-state index contributed by atoms with van der Waals surface area (Å²) < 4.78 is 32.4. The summed E-state index contributed by atoms with van der Waals surface area (Å²) in [5.74, 6) is -0.454. The fourth-order valence-corrected chi connectivity index (χ4v) is 3.81. The molecular weight excluding hydrogens is 304 g/mol. The van der Waals surface area contributed by atoms with Crippen LogP contribution in [0, 0.1) is 0 Å². The molecule has 0 aromatic heterocycles. The molecule has 0 bridgehead atoms. The van der Waals surface area contributed by atoms with Gasteiger partial charge in [-0.25, -0.2) is 17.9 Å². The number of hydrogen-bond donors (Lipinski definition) is 2. The molecule has 0 radical (unpaired) electrons. The van der Waals surface area contributed by atoms with Crippen molar-refractivity contribution in [3.05, 3.63) is 29.8 Å². The molecule has 7 heteroatoms. The maximum absolute atomic E-state index is 12.4. The van der Waals surface area contributed by atoms with Crippen LogP contribution < -0.4 is 10.0 Å². The number of ether oxygens (including phenoxy) is 1. The minimum absolute atomic E-state index is 0.0994. The third-order valence-electron chi connectivity index (χ3n) is 3.74. The van der Waals surface area contributed by atoms with Crippen LogP contribution in [0.1, 0.15) is 37.0 Å². The second-order valence-electron chi connectivity index (χ2n) is 5.36. The van der Waals surface area contributed by atoms with E-state index < -0.39 is 16.0 Å². The van der Waals surface area contributed by atoms with Crippen molar-refractivity contribution < 1.29 is 17.9 Å². The van der Waals surface area contributed by atoms with Crippen molar-refractivity contribution in [3.63, 3.8) is 0 Å². The summed E-state index contributed by atoms with van der Waals surface area (Å²) >= 11 is 0. The van der Waals surface area contributed by atoms with Gasteiger partial charge in [0.15, 0.2) is 0 Å². The van der Waals surface area contributed by atoms with Crippen LogP contribution in [-0.4, -0.2) is 39.6 Å². The smallest absolute Gasteiger partial charge is 0.338 e. The van der Waals surface area contributed by atoms with Crippen molar-refractivity contribution in [2.75, 3.05) is 13.2 Å². The summed E-state index contributed by atoms with van der Waals surface area (Å²) in [6.45, 7) is 4.89. The number of hydrogen-bond acceptors (Lipinski definition) is 5. The predicted molar refractivity (Wildman–Crippen MR) is 83.2 cm³/mol. The lowest BCUT2D eigenvalue weighted by Crippen LogP contribution is -2.51. The second-order valence-corrected chi connectivity index (χ2v) is 7.07. The Kier molecular flexibility index (Phi) is 5.55. The summed E-state index contributed by atoms with van der Waals surface area (Å²) in [7, 11) is -3.59. The zero-order chi connectivity index (χ0) is 16.2. The van der Waals surface area contributed by atoms with Gasteiger partial charge in [-0.1, -0.05) is 0 Å². The van der Waals surface area contributed by atoms with E-state index in [1.807, 2.05) is 6.92 Å². The number of carbonyl (C=O) groups excluding carboxylic acids is 1. The summed E-state index contributed by atoms with van der Waals surface area (Å²) in [6.07, 6.45) is 1.76. The first-order chi connectivity index (χ1) is 10.4. The zero-order valence-electron chi connectivity index (χ0n) is 12.8. The van der Waals surface area contributed by atoms with Gasteiger partial charge in [-0.15, -0.1) is 0 Å². The maximum atomic E-state index is 12.4. The third kappa shape index (κ3) is 4.06. The molecular formula is C15H22N2O4S. The highest BCUT2D eigenvalue weighted by Crippen LogP contribution is 2.15. The van der Waals surface area contributed by atoms with Gasteiger partial charge in [0.25, 0.3) is 0 Å². The van der Waals surface area contributed by atoms with Crippen LogP contribution in [0.2, 0.25) is 0 Å². The quantitative estimate of drug-likeness (QED) is 0.796. The van der Waals surface area contributed by atoms with Crippen LogP contribution in [0.5, 0.6) is 0 Å². The van der Waals surface area contributed by atoms with Gasteiger partial charge >= 0.3 is 5.97 Å². The van der Waals surface area contributed by atoms with Crippen molar-refractivity contribution in [2.45, 2.75) is 43.7 Å². The molecule has 122 valence electrons. The first kappa shape index (κ1) is 16.9. The van der Waals surface area contributed by atoms with E-state index in [4.69, 9.17) is 4.74 Å². The van der Waals surface area contributed by atoms with Gasteiger partial charge in [-0.05, 0) is 57.5 Å². The number of benzene rings is 1. The lowest BCUT2D eigenvalue weighted by atomic mass is 10.0. The predicted octanol–water partition coefficient (Wildman–Crippen LogP) is 1.28. The lowest BCUT2D eigenvalue weighted by Gasteiger charge is -2.30. The van der Waals surface area contributed by atoms with E-state index >= 15 is 0 Å². The van der Waals surface area contributed by atoms with Gasteiger partial charge in [0.1, 0.15) is 0 Å². The Labute approximate surface area is 131 Å². The molecule has 1 aliphatic rings. The molecule has 1 aromatic rings. The van der Waals surface area contributed by atoms with Crippen LogP contribution in [0.15, 0.2) is 29.2 Å². The molecule has 22 heavy (non-hydrogen) atoms. The molecule has 2 N–H and O–H groups in total. The van der Waals surface area contributed by atoms with Crippen molar-refractivity contribution >= 4 is 16.0 Å². The first-order valence-electron chi connectivity index (χ1n) is 7.47. The highest BCUT2D eigenvalue weighted by atomic mass is 32.2. The number of piperidine rings is 1. The maximum Gasteiger partial charge on any atom is 0.338 e. The lowest BCUT2D eigenvalue weighted by molar-refractivity contribution is 0.0526. The number of nitrogens with one attached hydrogen (secondary N) is 2. The minimum Gasteiger partial charge on any atom is -0.462 e. The molecule has 0 aliphatic carbocycles. The summed E-state index contributed by atoms with van der Waals surface area (Å²) in [5, 5.41) is 3.26. The van der Waals surface area contributed by atoms with E-state index in [9.17, 15) is 13.2 Å². The average Bonchev–Trinajstić information content (AvgIpc) is 2.50. The van der Waals surface area contributed by atoms with E-state index in [-0.39, 0.29) is 23.6 Å². The number of carbonyl (C=O) groups is 1. The Bertz CT molecular complexity index is 613. The number of sulfonamides is 1. The van der Waals surface area contributed by atoms with Gasteiger partial charge in [-0.3, -0.25) is 0 Å². The Morgan fingerprint density at radius 1 is 1.36 bits per heavy atom. The summed E-state index contributed by atoms with van der Waals surface area (Å²) in [4.78, 5) is 11.7. The van der Waals surface area contributed by atoms with Crippen LogP contribution >= 0.6 is 0 Å². The van der Waals surface area contributed by atoms with Gasteiger partial charge < -0.3 is 10.1 Å². The Hall–Kier alpha value is -1.44. The fourth-order valence-electron chi connectivity index (χ4n) is 2.46. The van der Waals surface area contributed by atoms with E-state index in [2.05, 4.69) is 10.0 Å². The molecule has 1 aromatic carbocycles. The van der Waals surface area contributed by atoms with Gasteiger partial charge in [0, 0.05) is 12.1 Å². The molecule has 6 nitrogen and oxygen atoms in total.